The molecule has 3 aromatic carbocycles. The molecule has 0 fully saturated rings. The summed E-state index contributed by atoms with van der Waals surface area (Å²) in [5.41, 5.74) is 1.64. The van der Waals surface area contributed by atoms with E-state index in [4.69, 9.17) is 30.1 Å². The number of benzene rings is 3. The molecule has 0 saturated heterocycles. The van der Waals surface area contributed by atoms with Crippen LogP contribution in [-0.2, 0) is 19.8 Å². The van der Waals surface area contributed by atoms with Crippen molar-refractivity contribution >= 4 is 0 Å². The molecule has 0 heterocycles. The smallest absolute Gasteiger partial charge is 0.143 e. The Morgan fingerprint density at radius 1 is 0.795 bits per heavy atom. The van der Waals surface area contributed by atoms with Gasteiger partial charge in [-0.3, -0.25) is 0 Å². The number of aliphatic hydroxyl groups is 1. The van der Waals surface area contributed by atoms with Gasteiger partial charge in [0, 0.05) is 0 Å². The van der Waals surface area contributed by atoms with E-state index < -0.39 is 11.0 Å². The van der Waals surface area contributed by atoms with Gasteiger partial charge in [0.2, 0.25) is 0 Å². The van der Waals surface area contributed by atoms with E-state index in [2.05, 4.69) is 12.5 Å². The van der Waals surface area contributed by atoms with Gasteiger partial charge in [-0.1, -0.05) is 72.7 Å². The van der Waals surface area contributed by atoms with Gasteiger partial charge >= 0.3 is 0 Å². The predicted molar refractivity (Wildman–Crippen MR) is 153 cm³/mol. The summed E-state index contributed by atoms with van der Waals surface area (Å²) in [6, 6.07) is 25.6. The monoisotopic (exact) mass is 530 g/mol. The summed E-state index contributed by atoms with van der Waals surface area (Å²) >= 11 is 0. The highest BCUT2D eigenvalue weighted by Crippen LogP contribution is 2.43. The molecule has 0 radical (unpaired) electrons. The van der Waals surface area contributed by atoms with Crippen molar-refractivity contribution in [2.75, 3.05) is 53.9 Å². The van der Waals surface area contributed by atoms with Crippen LogP contribution in [-0.4, -0.2) is 59.0 Å². The molecule has 6 nitrogen and oxygen atoms in total. The average Bonchev–Trinajstić information content (AvgIpc) is 2.98. The zero-order valence-corrected chi connectivity index (χ0v) is 23.0. The number of hydrogen-bond donors (Lipinski definition) is 1. The van der Waals surface area contributed by atoms with Crippen LogP contribution in [0.4, 0.5) is 0 Å². The molecule has 0 spiro atoms. The molecule has 39 heavy (non-hydrogen) atoms. The maximum Gasteiger partial charge on any atom is 0.143 e. The third kappa shape index (κ3) is 7.50. The minimum absolute atomic E-state index is 0.108. The molecule has 0 aromatic heterocycles. The van der Waals surface area contributed by atoms with Crippen molar-refractivity contribution in [2.24, 2.45) is 5.41 Å². The zero-order chi connectivity index (χ0) is 28.1. The molecule has 0 saturated carbocycles. The van der Waals surface area contributed by atoms with Crippen molar-refractivity contribution in [3.63, 3.8) is 0 Å². The van der Waals surface area contributed by atoms with E-state index in [1.165, 1.54) is 0 Å². The highest BCUT2D eigenvalue weighted by atomic mass is 16.5. The molecule has 6 heteroatoms. The van der Waals surface area contributed by atoms with Crippen LogP contribution in [0.2, 0.25) is 0 Å². The first kappa shape index (κ1) is 29.9. The van der Waals surface area contributed by atoms with Gasteiger partial charge in [-0.2, -0.15) is 0 Å². The normalized spacial score (nSPS) is 12.8. The van der Waals surface area contributed by atoms with E-state index in [0.29, 0.717) is 6.61 Å². The summed E-state index contributed by atoms with van der Waals surface area (Å²) < 4.78 is 29.5. The Bertz CT molecular complexity index is 1150. The van der Waals surface area contributed by atoms with Gasteiger partial charge in [0.25, 0.3) is 0 Å². The van der Waals surface area contributed by atoms with Crippen molar-refractivity contribution in [1.82, 2.24) is 0 Å². The van der Waals surface area contributed by atoms with E-state index in [1.807, 2.05) is 85.8 Å². The van der Waals surface area contributed by atoms with Crippen LogP contribution in [0.1, 0.15) is 23.6 Å². The Labute approximate surface area is 232 Å². The quantitative estimate of drug-likeness (QED) is 0.118. The molecule has 1 N–H and O–H groups in total. The number of ether oxygens (including phenoxy) is 5. The Balaban J connectivity index is 2.15. The second-order valence-corrected chi connectivity index (χ2v) is 9.60. The summed E-state index contributed by atoms with van der Waals surface area (Å²) in [6.07, 6.45) is 5.43. The SMILES string of the molecule is C#CCOCC(CO)(COCC(=C)C)COC(c1ccccc1)(c1ccc(OC)cc1)c1ccc(OC)cc1. The van der Waals surface area contributed by atoms with E-state index >= 15 is 0 Å². The predicted octanol–water partition coefficient (Wildman–Crippen LogP) is 5.23. The molecule has 3 aromatic rings. The fraction of sp³-hybridized carbons (Fsp3) is 0.333. The van der Waals surface area contributed by atoms with Gasteiger partial charge in [0.15, 0.2) is 0 Å². The number of hydrogen-bond acceptors (Lipinski definition) is 6. The molecule has 1 unspecified atom stereocenters. The van der Waals surface area contributed by atoms with Crippen LogP contribution >= 0.6 is 0 Å². The van der Waals surface area contributed by atoms with Crippen LogP contribution in [0.15, 0.2) is 91.0 Å². The topological polar surface area (TPSA) is 66.4 Å². The number of terminal acetylenes is 1. The Hall–Kier alpha value is -3.60. The largest absolute Gasteiger partial charge is 0.497 e. The molecule has 0 bridgehead atoms. The molecular weight excluding hydrogens is 492 g/mol. The van der Waals surface area contributed by atoms with Crippen LogP contribution in [0, 0.1) is 17.8 Å². The Morgan fingerprint density at radius 3 is 1.77 bits per heavy atom. The first-order chi connectivity index (χ1) is 18.9. The molecule has 3 rings (SSSR count). The Kier molecular flexibility index (Phi) is 11.2. The van der Waals surface area contributed by atoms with Crippen molar-refractivity contribution in [1.29, 1.82) is 0 Å². The maximum absolute atomic E-state index is 10.6. The lowest BCUT2D eigenvalue weighted by molar-refractivity contribution is -0.115. The molecule has 206 valence electrons. The molecule has 0 aliphatic heterocycles. The van der Waals surface area contributed by atoms with Gasteiger partial charge in [-0.15, -0.1) is 6.42 Å². The molecule has 0 amide bonds. The van der Waals surface area contributed by atoms with E-state index in [-0.39, 0.29) is 33.0 Å². The van der Waals surface area contributed by atoms with Gasteiger partial charge < -0.3 is 28.8 Å². The Morgan fingerprint density at radius 2 is 1.31 bits per heavy atom. The van der Waals surface area contributed by atoms with Crippen LogP contribution < -0.4 is 9.47 Å². The lowest BCUT2D eigenvalue weighted by Crippen LogP contribution is -2.45. The van der Waals surface area contributed by atoms with Crippen molar-refractivity contribution in [3.05, 3.63) is 108 Å². The first-order valence-corrected chi connectivity index (χ1v) is 12.8. The summed E-state index contributed by atoms with van der Waals surface area (Å²) in [7, 11) is 3.27. The van der Waals surface area contributed by atoms with Gasteiger partial charge in [0.05, 0.1) is 52.7 Å². The van der Waals surface area contributed by atoms with Crippen LogP contribution in [0.25, 0.3) is 0 Å². The lowest BCUT2D eigenvalue weighted by Gasteiger charge is -2.40. The summed E-state index contributed by atoms with van der Waals surface area (Å²) in [4.78, 5) is 0. The molecule has 1 atom stereocenters. The summed E-state index contributed by atoms with van der Waals surface area (Å²) in [5, 5.41) is 10.6. The van der Waals surface area contributed by atoms with E-state index in [0.717, 1.165) is 33.8 Å². The maximum atomic E-state index is 10.6. The molecular formula is C33H38O6. The fourth-order valence-corrected chi connectivity index (χ4v) is 4.37. The second kappa shape index (κ2) is 14.5. The van der Waals surface area contributed by atoms with E-state index in [9.17, 15) is 5.11 Å². The van der Waals surface area contributed by atoms with Crippen molar-refractivity contribution in [3.8, 4) is 23.8 Å². The third-order valence-electron chi connectivity index (χ3n) is 6.45. The van der Waals surface area contributed by atoms with Crippen LogP contribution in [0.3, 0.4) is 0 Å². The number of methoxy groups -OCH3 is 2. The van der Waals surface area contributed by atoms with Crippen LogP contribution in [0.5, 0.6) is 11.5 Å². The second-order valence-electron chi connectivity index (χ2n) is 9.60. The standard InChI is InChI=1S/C33H38O6/c1-6-20-37-23-32(22-34,24-38-21-26(2)3)25-39-33(27-10-8-7-9-11-27,28-12-16-30(35-4)17-13-28)29-14-18-31(36-5)19-15-29/h1,7-19,34H,2,20-25H2,3-5H3. The number of rotatable bonds is 16. The molecule has 0 aliphatic carbocycles. The highest BCUT2D eigenvalue weighted by molar-refractivity contribution is 5.49. The summed E-state index contributed by atoms with van der Waals surface area (Å²) in [6.45, 7) is 6.49. The van der Waals surface area contributed by atoms with E-state index in [1.54, 1.807) is 14.2 Å². The highest BCUT2D eigenvalue weighted by Gasteiger charge is 2.42. The fourth-order valence-electron chi connectivity index (χ4n) is 4.37. The average molecular weight is 531 g/mol. The van der Waals surface area contributed by atoms with Crippen molar-refractivity contribution < 1.29 is 28.8 Å². The first-order valence-electron chi connectivity index (χ1n) is 12.8. The van der Waals surface area contributed by atoms with Gasteiger partial charge in [0.1, 0.15) is 23.7 Å². The molecule has 0 aliphatic rings. The third-order valence-corrected chi connectivity index (χ3v) is 6.45. The number of aliphatic hydroxyl groups excluding tert-OH is 1. The summed E-state index contributed by atoms with van der Waals surface area (Å²) in [5.74, 6) is 3.95. The van der Waals surface area contributed by atoms with Crippen molar-refractivity contribution in [2.45, 2.75) is 12.5 Å². The van der Waals surface area contributed by atoms with Gasteiger partial charge in [-0.25, -0.2) is 0 Å². The minimum atomic E-state index is -1.04. The lowest BCUT2D eigenvalue weighted by atomic mass is 9.79. The van der Waals surface area contributed by atoms with Gasteiger partial charge in [-0.05, 0) is 47.9 Å². The minimum Gasteiger partial charge on any atom is -0.497 e. The zero-order valence-electron chi connectivity index (χ0n) is 23.0.